The van der Waals surface area contributed by atoms with Gasteiger partial charge in [0, 0.05) is 17.7 Å². The molecule has 3 nitrogen and oxygen atoms in total. The number of aromatic nitrogens is 2. The van der Waals surface area contributed by atoms with Gasteiger partial charge >= 0.3 is 0 Å². The summed E-state index contributed by atoms with van der Waals surface area (Å²) in [5, 5.41) is 4.52. The highest BCUT2D eigenvalue weighted by molar-refractivity contribution is 6.30. The van der Waals surface area contributed by atoms with Crippen LogP contribution in [0.3, 0.4) is 0 Å². The van der Waals surface area contributed by atoms with Gasteiger partial charge in [-0.25, -0.2) is 9.07 Å². The molecule has 5 heteroatoms. The van der Waals surface area contributed by atoms with Crippen molar-refractivity contribution in [1.29, 1.82) is 0 Å². The van der Waals surface area contributed by atoms with Gasteiger partial charge in [0.05, 0.1) is 12.7 Å². The fourth-order valence-corrected chi connectivity index (χ4v) is 1.67. The average Bonchev–Trinajstić information content (AvgIpc) is 2.63. The van der Waals surface area contributed by atoms with Crippen molar-refractivity contribution in [2.24, 2.45) is 5.73 Å². The summed E-state index contributed by atoms with van der Waals surface area (Å²) in [6, 6.07) is 6.54. The molecule has 0 saturated carbocycles. The molecule has 0 fully saturated rings. The Balaban J connectivity index is 2.27. The molecule has 0 atom stereocenters. The third-order valence-electron chi connectivity index (χ3n) is 2.34. The maximum atomic E-state index is 13.4. The molecular formula is C11H11ClFN3. The number of halogens is 2. The molecule has 1 heterocycles. The van der Waals surface area contributed by atoms with E-state index in [1.807, 2.05) is 0 Å². The first kappa shape index (κ1) is 11.1. The molecule has 0 bridgehead atoms. The Morgan fingerprint density at radius 1 is 1.31 bits per heavy atom. The largest absolute Gasteiger partial charge is 0.326 e. The fourth-order valence-electron chi connectivity index (χ4n) is 1.44. The van der Waals surface area contributed by atoms with Crippen molar-refractivity contribution in [2.75, 3.05) is 0 Å². The zero-order valence-electron chi connectivity index (χ0n) is 8.53. The van der Waals surface area contributed by atoms with Crippen LogP contribution in [0.2, 0.25) is 5.15 Å². The number of rotatable bonds is 3. The van der Waals surface area contributed by atoms with E-state index in [0.717, 1.165) is 5.56 Å². The molecule has 0 radical (unpaired) electrons. The molecule has 16 heavy (non-hydrogen) atoms. The number of nitrogens with two attached hydrogens (primary N) is 1. The van der Waals surface area contributed by atoms with Crippen LogP contribution in [0.5, 0.6) is 0 Å². The second-order valence-corrected chi connectivity index (χ2v) is 3.77. The van der Waals surface area contributed by atoms with E-state index in [-0.39, 0.29) is 5.82 Å². The minimum Gasteiger partial charge on any atom is -0.326 e. The van der Waals surface area contributed by atoms with Crippen LogP contribution in [-0.2, 0) is 13.1 Å². The van der Waals surface area contributed by atoms with E-state index in [1.54, 1.807) is 24.4 Å². The van der Waals surface area contributed by atoms with Gasteiger partial charge in [0.2, 0.25) is 0 Å². The predicted molar refractivity (Wildman–Crippen MR) is 60.6 cm³/mol. The Labute approximate surface area is 97.6 Å². The molecule has 0 saturated heterocycles. The lowest BCUT2D eigenvalue weighted by molar-refractivity contribution is 0.585. The summed E-state index contributed by atoms with van der Waals surface area (Å²) in [6.45, 7) is 0.640. The molecule has 2 aromatic rings. The predicted octanol–water partition coefficient (Wildman–Crippen LogP) is 2.18. The van der Waals surface area contributed by atoms with Crippen molar-refractivity contribution in [3.8, 4) is 0 Å². The lowest BCUT2D eigenvalue weighted by Crippen LogP contribution is -2.04. The van der Waals surface area contributed by atoms with Crippen LogP contribution in [0.25, 0.3) is 0 Å². The third-order valence-corrected chi connectivity index (χ3v) is 2.78. The monoisotopic (exact) mass is 239 g/mol. The van der Waals surface area contributed by atoms with Crippen LogP contribution in [-0.4, -0.2) is 9.78 Å². The summed E-state index contributed by atoms with van der Waals surface area (Å²) in [4.78, 5) is 0. The topological polar surface area (TPSA) is 43.8 Å². The first-order chi connectivity index (χ1) is 7.72. The summed E-state index contributed by atoms with van der Waals surface area (Å²) < 4.78 is 14.9. The molecule has 0 amide bonds. The molecule has 0 aliphatic heterocycles. The average molecular weight is 240 g/mol. The molecule has 0 aliphatic rings. The van der Waals surface area contributed by atoms with Crippen molar-refractivity contribution in [2.45, 2.75) is 13.1 Å². The number of nitrogens with zero attached hydrogens (tertiary/aromatic N) is 2. The van der Waals surface area contributed by atoms with Gasteiger partial charge in [-0.3, -0.25) is 0 Å². The van der Waals surface area contributed by atoms with Crippen LogP contribution in [0.15, 0.2) is 30.5 Å². The zero-order chi connectivity index (χ0) is 11.5. The summed E-state index contributed by atoms with van der Waals surface area (Å²) in [5.41, 5.74) is 6.79. The summed E-state index contributed by atoms with van der Waals surface area (Å²) in [5.74, 6) is -0.261. The smallest absolute Gasteiger partial charge is 0.131 e. The van der Waals surface area contributed by atoms with Gasteiger partial charge < -0.3 is 5.73 Å². The van der Waals surface area contributed by atoms with E-state index in [9.17, 15) is 4.39 Å². The Morgan fingerprint density at radius 3 is 2.69 bits per heavy atom. The second-order valence-electron chi connectivity index (χ2n) is 3.41. The van der Waals surface area contributed by atoms with Gasteiger partial charge in [-0.2, -0.15) is 5.10 Å². The maximum Gasteiger partial charge on any atom is 0.131 e. The molecule has 2 N–H and O–H groups in total. The van der Waals surface area contributed by atoms with Gasteiger partial charge in [0.1, 0.15) is 11.0 Å². The van der Waals surface area contributed by atoms with Crippen molar-refractivity contribution in [3.05, 3.63) is 52.6 Å². The van der Waals surface area contributed by atoms with E-state index >= 15 is 0 Å². The van der Waals surface area contributed by atoms with Gasteiger partial charge in [-0.05, 0) is 6.07 Å². The minimum atomic E-state index is -0.261. The highest BCUT2D eigenvalue weighted by Crippen LogP contribution is 2.17. The summed E-state index contributed by atoms with van der Waals surface area (Å²) in [6.07, 6.45) is 1.60. The molecule has 0 spiro atoms. The normalized spacial score (nSPS) is 10.7. The first-order valence-corrected chi connectivity index (χ1v) is 5.24. The number of hydrogen-bond donors (Lipinski definition) is 1. The number of hydrogen-bond acceptors (Lipinski definition) is 2. The summed E-state index contributed by atoms with van der Waals surface area (Å²) in [7, 11) is 0. The van der Waals surface area contributed by atoms with Crippen molar-refractivity contribution in [1.82, 2.24) is 9.78 Å². The Kier molecular flexibility index (Phi) is 3.22. The minimum absolute atomic E-state index is 0.261. The van der Waals surface area contributed by atoms with Gasteiger partial charge in [0.15, 0.2) is 0 Å². The van der Waals surface area contributed by atoms with Crippen LogP contribution >= 0.6 is 11.6 Å². The van der Waals surface area contributed by atoms with Crippen LogP contribution in [0.4, 0.5) is 4.39 Å². The van der Waals surface area contributed by atoms with Gasteiger partial charge in [-0.15, -0.1) is 0 Å². The molecule has 2 rings (SSSR count). The van der Waals surface area contributed by atoms with E-state index in [0.29, 0.717) is 23.8 Å². The van der Waals surface area contributed by atoms with Crippen molar-refractivity contribution < 1.29 is 4.39 Å². The number of benzene rings is 1. The summed E-state index contributed by atoms with van der Waals surface area (Å²) >= 11 is 6.02. The highest BCUT2D eigenvalue weighted by Gasteiger charge is 2.09. The molecule has 1 aromatic carbocycles. The fraction of sp³-hybridized carbons (Fsp3) is 0.182. The zero-order valence-corrected chi connectivity index (χ0v) is 9.28. The van der Waals surface area contributed by atoms with E-state index < -0.39 is 0 Å². The molecule has 1 aromatic heterocycles. The maximum absolute atomic E-state index is 13.4. The highest BCUT2D eigenvalue weighted by atomic mass is 35.5. The lowest BCUT2D eigenvalue weighted by Gasteiger charge is -2.04. The van der Waals surface area contributed by atoms with E-state index in [1.165, 1.54) is 10.7 Å². The van der Waals surface area contributed by atoms with Crippen LogP contribution < -0.4 is 5.73 Å². The van der Waals surface area contributed by atoms with Crippen LogP contribution in [0.1, 0.15) is 11.1 Å². The first-order valence-electron chi connectivity index (χ1n) is 4.86. The van der Waals surface area contributed by atoms with Crippen molar-refractivity contribution in [3.63, 3.8) is 0 Å². The quantitative estimate of drug-likeness (QED) is 0.892. The second kappa shape index (κ2) is 4.63. The standard InChI is InChI=1S/C11H11ClFN3/c12-11-9(5-14)6-15-16(11)7-8-3-1-2-4-10(8)13/h1-4,6H,5,7,14H2. The Morgan fingerprint density at radius 2 is 2.06 bits per heavy atom. The van der Waals surface area contributed by atoms with Crippen molar-refractivity contribution >= 4 is 11.6 Å². The Bertz CT molecular complexity index is 496. The van der Waals surface area contributed by atoms with Gasteiger partial charge in [-0.1, -0.05) is 29.8 Å². The SMILES string of the molecule is NCc1cnn(Cc2ccccc2F)c1Cl. The molecule has 84 valence electrons. The lowest BCUT2D eigenvalue weighted by atomic mass is 10.2. The van der Waals surface area contributed by atoms with Gasteiger partial charge in [0.25, 0.3) is 0 Å². The Hall–Kier alpha value is -1.39. The van der Waals surface area contributed by atoms with E-state index in [4.69, 9.17) is 17.3 Å². The van der Waals surface area contributed by atoms with E-state index in [2.05, 4.69) is 5.10 Å². The third kappa shape index (κ3) is 2.08. The van der Waals surface area contributed by atoms with Crippen LogP contribution in [0, 0.1) is 5.82 Å². The molecule has 0 unspecified atom stereocenters. The molecule has 0 aliphatic carbocycles. The molecular weight excluding hydrogens is 229 g/mol.